The topological polar surface area (TPSA) is 79.6 Å². The summed E-state index contributed by atoms with van der Waals surface area (Å²) in [4.78, 5) is 18.2. The number of aliphatic hydroxyl groups is 1. The molecule has 1 fully saturated rings. The minimum Gasteiger partial charge on any atom is -0.395 e. The Bertz CT molecular complexity index is 659. The zero-order valence-electron chi connectivity index (χ0n) is 15.3. The summed E-state index contributed by atoms with van der Waals surface area (Å²) in [6.07, 6.45) is 5.97. The third kappa shape index (κ3) is 4.83. The number of piperazine rings is 1. The smallest absolute Gasteiger partial charge is 0.226 e. The molecule has 1 aliphatic heterocycles. The van der Waals surface area contributed by atoms with Gasteiger partial charge >= 0.3 is 0 Å². The molecule has 0 aromatic carbocycles. The second-order valence-corrected chi connectivity index (χ2v) is 8.19. The molecule has 0 bridgehead atoms. The molecule has 2 aliphatic rings. The Morgan fingerprint density at radius 2 is 1.81 bits per heavy atom. The first-order valence-electron chi connectivity index (χ1n) is 9.61. The summed E-state index contributed by atoms with van der Waals surface area (Å²) in [6.45, 7) is 5.43. The molecule has 0 atom stereocenters. The van der Waals surface area contributed by atoms with Gasteiger partial charge in [0.05, 0.1) is 12.2 Å². The van der Waals surface area contributed by atoms with Gasteiger partial charge in [0.15, 0.2) is 0 Å². The van der Waals surface area contributed by atoms with Crippen molar-refractivity contribution in [3.05, 3.63) is 16.0 Å². The minimum absolute atomic E-state index is 0.00398. The van der Waals surface area contributed by atoms with Gasteiger partial charge in [-0.3, -0.25) is 9.69 Å². The zero-order chi connectivity index (χ0) is 18.4. The maximum Gasteiger partial charge on any atom is 0.226 e. The maximum absolute atomic E-state index is 12.4. The number of nitrogens with zero attached hydrogens (tertiary/aromatic N) is 3. The Morgan fingerprint density at radius 3 is 2.50 bits per heavy atom. The molecular weight excluding hydrogens is 348 g/mol. The number of carbonyl (C=O) groups excluding carboxylic acids is 1. The van der Waals surface area contributed by atoms with Crippen LogP contribution in [0.2, 0.25) is 0 Å². The van der Waals surface area contributed by atoms with Crippen LogP contribution in [-0.4, -0.2) is 66.7 Å². The first kappa shape index (κ1) is 19.3. The van der Waals surface area contributed by atoms with E-state index in [9.17, 15) is 10.1 Å². The molecule has 0 saturated carbocycles. The predicted molar refractivity (Wildman–Crippen MR) is 104 cm³/mol. The number of carbonyl (C=O) groups is 1. The number of aryl methyl sites for hydroxylation is 1. The fourth-order valence-electron chi connectivity index (χ4n) is 3.78. The molecule has 2 heterocycles. The molecule has 0 unspecified atom stereocenters. The molecule has 6 nitrogen and oxygen atoms in total. The Morgan fingerprint density at radius 1 is 1.12 bits per heavy atom. The summed E-state index contributed by atoms with van der Waals surface area (Å²) >= 11 is 1.60. The summed E-state index contributed by atoms with van der Waals surface area (Å²) in [5, 5.41) is 22.3. The van der Waals surface area contributed by atoms with E-state index < -0.39 is 0 Å². The second kappa shape index (κ2) is 9.47. The molecular formula is C19H28N4O2S. The van der Waals surface area contributed by atoms with Crippen molar-refractivity contribution in [2.24, 2.45) is 0 Å². The Hall–Kier alpha value is -1.46. The highest BCUT2D eigenvalue weighted by Crippen LogP contribution is 2.37. The van der Waals surface area contributed by atoms with Gasteiger partial charge < -0.3 is 15.3 Å². The maximum atomic E-state index is 12.4. The van der Waals surface area contributed by atoms with Crippen molar-refractivity contribution in [2.75, 3.05) is 51.2 Å². The van der Waals surface area contributed by atoms with E-state index in [0.29, 0.717) is 12.0 Å². The summed E-state index contributed by atoms with van der Waals surface area (Å²) in [5.41, 5.74) is 1.86. The van der Waals surface area contributed by atoms with Crippen LogP contribution in [0.4, 0.5) is 5.00 Å². The highest BCUT2D eigenvalue weighted by Gasteiger charge is 2.21. The van der Waals surface area contributed by atoms with Crippen molar-refractivity contribution in [2.45, 2.75) is 38.5 Å². The summed E-state index contributed by atoms with van der Waals surface area (Å²) in [6, 6.07) is 2.32. The number of rotatable bonds is 6. The molecule has 0 spiro atoms. The average Bonchev–Trinajstić information content (AvgIpc) is 2.81. The van der Waals surface area contributed by atoms with Gasteiger partial charge in [0, 0.05) is 50.6 Å². The lowest BCUT2D eigenvalue weighted by atomic mass is 10.1. The summed E-state index contributed by atoms with van der Waals surface area (Å²) < 4.78 is 0. The van der Waals surface area contributed by atoms with Gasteiger partial charge in [-0.15, -0.1) is 11.3 Å². The number of hydrogen-bond donors (Lipinski definition) is 2. The number of β-amino-alcohol motifs (C(OH)–C–C–N with tert-alkyl or cyclic N) is 1. The minimum atomic E-state index is -0.00398. The van der Waals surface area contributed by atoms with Crippen molar-refractivity contribution < 1.29 is 9.90 Å². The Balaban J connectivity index is 1.50. The number of nitrogens with one attached hydrogen (secondary N) is 1. The van der Waals surface area contributed by atoms with Crippen LogP contribution in [0.5, 0.6) is 0 Å². The first-order valence-corrected chi connectivity index (χ1v) is 10.4. The van der Waals surface area contributed by atoms with E-state index in [2.05, 4.69) is 21.2 Å². The number of hydrogen-bond acceptors (Lipinski definition) is 6. The lowest BCUT2D eigenvalue weighted by Crippen LogP contribution is -2.47. The van der Waals surface area contributed by atoms with Gasteiger partial charge in [-0.2, -0.15) is 5.26 Å². The van der Waals surface area contributed by atoms with Crippen LogP contribution in [-0.2, 0) is 17.6 Å². The zero-order valence-corrected chi connectivity index (χ0v) is 16.1. The van der Waals surface area contributed by atoms with Crippen LogP contribution < -0.4 is 5.32 Å². The van der Waals surface area contributed by atoms with Gasteiger partial charge in [0.2, 0.25) is 5.91 Å². The molecule has 7 heteroatoms. The molecule has 1 aliphatic carbocycles. The molecule has 142 valence electrons. The standard InChI is InChI=1S/C19H28N4O2S/c20-14-16-15-4-2-1-3-5-17(15)26-19(16)21-18(25)6-7-22-8-10-23(11-9-22)12-13-24/h24H,1-13H2,(H,21,25). The van der Waals surface area contributed by atoms with E-state index in [4.69, 9.17) is 5.11 Å². The molecule has 0 radical (unpaired) electrons. The summed E-state index contributed by atoms with van der Waals surface area (Å²) in [7, 11) is 0. The number of anilines is 1. The first-order chi connectivity index (χ1) is 12.7. The van der Waals surface area contributed by atoms with Crippen LogP contribution in [0.25, 0.3) is 0 Å². The molecule has 2 N–H and O–H groups in total. The normalized spacial score (nSPS) is 18.8. The van der Waals surface area contributed by atoms with E-state index in [1.54, 1.807) is 11.3 Å². The number of amides is 1. The Kier molecular flexibility index (Phi) is 7.03. The number of aliphatic hydroxyl groups excluding tert-OH is 1. The van der Waals surface area contributed by atoms with E-state index in [1.807, 2.05) is 0 Å². The highest BCUT2D eigenvalue weighted by atomic mass is 32.1. The highest BCUT2D eigenvalue weighted by molar-refractivity contribution is 7.16. The number of thiophene rings is 1. The molecule has 26 heavy (non-hydrogen) atoms. The van der Waals surface area contributed by atoms with Crippen molar-refractivity contribution >= 4 is 22.2 Å². The van der Waals surface area contributed by atoms with Crippen LogP contribution in [0.1, 0.15) is 41.7 Å². The van der Waals surface area contributed by atoms with Crippen molar-refractivity contribution in [1.29, 1.82) is 5.26 Å². The van der Waals surface area contributed by atoms with Crippen molar-refractivity contribution in [3.8, 4) is 6.07 Å². The van der Waals surface area contributed by atoms with Gasteiger partial charge in [-0.1, -0.05) is 6.42 Å². The second-order valence-electron chi connectivity index (χ2n) is 7.09. The van der Waals surface area contributed by atoms with E-state index in [1.165, 1.54) is 23.3 Å². The van der Waals surface area contributed by atoms with Crippen LogP contribution in [0, 0.1) is 11.3 Å². The number of nitriles is 1. The van der Waals surface area contributed by atoms with Gasteiger partial charge in [0.25, 0.3) is 0 Å². The third-order valence-electron chi connectivity index (χ3n) is 5.32. The van der Waals surface area contributed by atoms with Gasteiger partial charge in [-0.25, -0.2) is 0 Å². The largest absolute Gasteiger partial charge is 0.395 e. The van der Waals surface area contributed by atoms with Crippen LogP contribution >= 0.6 is 11.3 Å². The van der Waals surface area contributed by atoms with E-state index >= 15 is 0 Å². The van der Waals surface area contributed by atoms with E-state index in [-0.39, 0.29) is 12.5 Å². The summed E-state index contributed by atoms with van der Waals surface area (Å²) in [5.74, 6) is -0.00398. The quantitative estimate of drug-likeness (QED) is 0.741. The lowest BCUT2D eigenvalue weighted by Gasteiger charge is -2.34. The lowest BCUT2D eigenvalue weighted by molar-refractivity contribution is -0.116. The molecule has 1 amide bonds. The van der Waals surface area contributed by atoms with Crippen molar-refractivity contribution in [1.82, 2.24) is 9.80 Å². The van der Waals surface area contributed by atoms with Gasteiger partial charge in [-0.05, 0) is 31.2 Å². The molecule has 1 aromatic heterocycles. The van der Waals surface area contributed by atoms with E-state index in [0.717, 1.165) is 63.5 Å². The Labute approximate surface area is 159 Å². The van der Waals surface area contributed by atoms with Crippen molar-refractivity contribution in [3.63, 3.8) is 0 Å². The SMILES string of the molecule is N#Cc1c(NC(=O)CCN2CCN(CCO)CC2)sc2c1CCCCC2. The average molecular weight is 377 g/mol. The van der Waals surface area contributed by atoms with Crippen LogP contribution in [0.15, 0.2) is 0 Å². The third-order valence-corrected chi connectivity index (χ3v) is 6.53. The monoisotopic (exact) mass is 376 g/mol. The number of fused-ring (bicyclic) bond motifs is 1. The van der Waals surface area contributed by atoms with Gasteiger partial charge in [0.1, 0.15) is 11.1 Å². The fourth-order valence-corrected chi connectivity index (χ4v) is 5.03. The van der Waals surface area contributed by atoms with Crippen LogP contribution in [0.3, 0.4) is 0 Å². The molecule has 1 aromatic rings. The fraction of sp³-hybridized carbons (Fsp3) is 0.684. The molecule has 1 saturated heterocycles. The molecule has 3 rings (SSSR count). The predicted octanol–water partition coefficient (Wildman–Crippen LogP) is 1.83.